The standard InChI is InChI=1S/C34H28N4O2/c35-33(36)26-15-14-25-19-32(34(39)37-28-12-5-2-6-13-28)38(31(25)20-26)21-27-11-7-10-24-18-29(16-17-30(24)27)40-22-23-8-3-1-4-9-23/h1-20H,21-22H2,(H3,35,36)(H,37,39). The molecule has 1 heterocycles. The van der Waals surface area contributed by atoms with Crippen molar-refractivity contribution in [2.45, 2.75) is 13.2 Å². The number of hydrogen-bond acceptors (Lipinski definition) is 3. The minimum absolute atomic E-state index is 0.0156. The van der Waals surface area contributed by atoms with Gasteiger partial charge in [-0.3, -0.25) is 10.2 Å². The van der Waals surface area contributed by atoms with Crippen molar-refractivity contribution in [2.75, 3.05) is 5.32 Å². The summed E-state index contributed by atoms with van der Waals surface area (Å²) >= 11 is 0. The molecule has 0 aliphatic rings. The molecule has 0 aliphatic carbocycles. The van der Waals surface area contributed by atoms with Gasteiger partial charge in [-0.25, -0.2) is 0 Å². The number of nitrogens with one attached hydrogen (secondary N) is 2. The third-order valence-electron chi connectivity index (χ3n) is 7.00. The molecule has 0 radical (unpaired) electrons. The first-order valence-electron chi connectivity index (χ1n) is 13.1. The highest BCUT2D eigenvalue weighted by atomic mass is 16.5. The minimum atomic E-state index is -0.205. The van der Waals surface area contributed by atoms with Gasteiger partial charge in [-0.2, -0.15) is 0 Å². The van der Waals surface area contributed by atoms with Gasteiger partial charge in [0.05, 0.1) is 0 Å². The molecule has 0 fully saturated rings. The maximum absolute atomic E-state index is 13.5. The number of benzene rings is 5. The lowest BCUT2D eigenvalue weighted by Crippen LogP contribution is -2.17. The first-order valence-corrected chi connectivity index (χ1v) is 13.1. The van der Waals surface area contributed by atoms with Gasteiger partial charge >= 0.3 is 0 Å². The number of ether oxygens (including phenoxy) is 1. The molecule has 6 heteroatoms. The number of nitrogens with two attached hydrogens (primary N) is 1. The van der Waals surface area contributed by atoms with Crippen molar-refractivity contribution in [2.24, 2.45) is 5.73 Å². The monoisotopic (exact) mass is 524 g/mol. The normalized spacial score (nSPS) is 11.0. The second-order valence-corrected chi connectivity index (χ2v) is 9.70. The number of nitrogen functional groups attached to an aromatic ring is 1. The van der Waals surface area contributed by atoms with Crippen LogP contribution in [0.5, 0.6) is 5.75 Å². The van der Waals surface area contributed by atoms with Crippen molar-refractivity contribution in [1.82, 2.24) is 4.57 Å². The Morgan fingerprint density at radius 2 is 1.57 bits per heavy atom. The summed E-state index contributed by atoms with van der Waals surface area (Å²) in [5.41, 5.74) is 10.7. The zero-order valence-electron chi connectivity index (χ0n) is 21.8. The molecule has 0 aliphatic heterocycles. The van der Waals surface area contributed by atoms with Crippen molar-refractivity contribution >= 4 is 39.1 Å². The number of carbonyl (C=O) groups is 1. The third kappa shape index (κ3) is 5.15. The Kier molecular flexibility index (Phi) is 6.73. The number of anilines is 1. The summed E-state index contributed by atoms with van der Waals surface area (Å²) in [7, 11) is 0. The van der Waals surface area contributed by atoms with Crippen molar-refractivity contribution < 1.29 is 9.53 Å². The molecular weight excluding hydrogens is 496 g/mol. The average molecular weight is 525 g/mol. The predicted octanol–water partition coefficient (Wildman–Crippen LogP) is 6.96. The number of carbonyl (C=O) groups excluding carboxylic acids is 1. The maximum atomic E-state index is 13.5. The molecular formula is C34H28N4O2. The lowest BCUT2D eigenvalue weighted by molar-refractivity contribution is 0.101. The number of hydrogen-bond donors (Lipinski definition) is 3. The summed E-state index contributed by atoms with van der Waals surface area (Å²) in [4.78, 5) is 13.5. The van der Waals surface area contributed by atoms with E-state index in [4.69, 9.17) is 15.9 Å². The summed E-state index contributed by atoms with van der Waals surface area (Å²) < 4.78 is 8.05. The van der Waals surface area contributed by atoms with Crippen LogP contribution in [0.25, 0.3) is 21.7 Å². The summed E-state index contributed by atoms with van der Waals surface area (Å²) in [6, 6.07) is 39.2. The molecule has 1 aromatic heterocycles. The van der Waals surface area contributed by atoms with Gasteiger partial charge in [0.15, 0.2) is 0 Å². The fourth-order valence-corrected chi connectivity index (χ4v) is 4.96. The molecule has 6 nitrogen and oxygen atoms in total. The predicted molar refractivity (Wildman–Crippen MR) is 161 cm³/mol. The van der Waals surface area contributed by atoms with Gasteiger partial charge in [-0.05, 0) is 58.3 Å². The number of nitrogens with zero attached hydrogens (tertiary/aromatic N) is 1. The summed E-state index contributed by atoms with van der Waals surface area (Å²) in [5, 5.41) is 14.0. The smallest absolute Gasteiger partial charge is 0.272 e. The van der Waals surface area contributed by atoms with E-state index in [2.05, 4.69) is 23.5 Å². The molecule has 0 unspecified atom stereocenters. The van der Waals surface area contributed by atoms with Crippen LogP contribution in [0.1, 0.15) is 27.2 Å². The Bertz CT molecular complexity index is 1840. The topological polar surface area (TPSA) is 93.1 Å². The number of para-hydroxylation sites is 1. The third-order valence-corrected chi connectivity index (χ3v) is 7.00. The van der Waals surface area contributed by atoms with Gasteiger partial charge in [0.1, 0.15) is 23.9 Å². The van der Waals surface area contributed by atoms with Crippen LogP contribution in [0.3, 0.4) is 0 Å². The van der Waals surface area contributed by atoms with E-state index in [1.165, 1.54) is 0 Å². The number of aromatic nitrogens is 1. The van der Waals surface area contributed by atoms with Gasteiger partial charge in [-0.15, -0.1) is 0 Å². The van der Waals surface area contributed by atoms with E-state index in [9.17, 15) is 4.79 Å². The highest BCUT2D eigenvalue weighted by molar-refractivity contribution is 6.07. The number of amidine groups is 1. The van der Waals surface area contributed by atoms with E-state index in [1.807, 2.05) is 108 Å². The Balaban J connectivity index is 1.37. The van der Waals surface area contributed by atoms with Gasteiger partial charge in [0, 0.05) is 28.7 Å². The minimum Gasteiger partial charge on any atom is -0.489 e. The van der Waals surface area contributed by atoms with Gasteiger partial charge in [-0.1, -0.05) is 84.9 Å². The lowest BCUT2D eigenvalue weighted by atomic mass is 10.0. The van der Waals surface area contributed by atoms with Gasteiger partial charge in [0.2, 0.25) is 0 Å². The van der Waals surface area contributed by atoms with Gasteiger partial charge < -0.3 is 20.4 Å². The van der Waals surface area contributed by atoms with Crippen LogP contribution in [0, 0.1) is 5.41 Å². The van der Waals surface area contributed by atoms with Crippen LogP contribution >= 0.6 is 0 Å². The number of amides is 1. The molecule has 6 rings (SSSR count). The van der Waals surface area contributed by atoms with Crippen molar-refractivity contribution in [3.8, 4) is 5.75 Å². The van der Waals surface area contributed by atoms with E-state index in [0.29, 0.717) is 24.4 Å². The molecule has 1 amide bonds. The Labute approximate surface area is 232 Å². The molecule has 6 aromatic rings. The molecule has 0 atom stereocenters. The van der Waals surface area contributed by atoms with Crippen LogP contribution in [-0.2, 0) is 13.2 Å². The van der Waals surface area contributed by atoms with E-state index < -0.39 is 0 Å². The van der Waals surface area contributed by atoms with Crippen LogP contribution in [0.4, 0.5) is 5.69 Å². The second kappa shape index (κ2) is 10.8. The molecule has 196 valence electrons. The highest BCUT2D eigenvalue weighted by Crippen LogP contribution is 2.29. The average Bonchev–Trinajstić information content (AvgIpc) is 3.35. The van der Waals surface area contributed by atoms with E-state index in [0.717, 1.165) is 44.2 Å². The Hall–Kier alpha value is -5.36. The van der Waals surface area contributed by atoms with Crippen LogP contribution < -0.4 is 15.8 Å². The van der Waals surface area contributed by atoms with Crippen LogP contribution in [-0.4, -0.2) is 16.3 Å². The molecule has 0 bridgehead atoms. The second-order valence-electron chi connectivity index (χ2n) is 9.70. The first-order chi connectivity index (χ1) is 19.5. The molecule has 0 saturated heterocycles. The highest BCUT2D eigenvalue weighted by Gasteiger charge is 2.18. The molecule has 40 heavy (non-hydrogen) atoms. The summed E-state index contributed by atoms with van der Waals surface area (Å²) in [6.45, 7) is 0.962. The number of fused-ring (bicyclic) bond motifs is 2. The first kappa shape index (κ1) is 24.9. The van der Waals surface area contributed by atoms with Crippen molar-refractivity contribution in [3.05, 3.63) is 144 Å². The molecule has 4 N–H and O–H groups in total. The largest absolute Gasteiger partial charge is 0.489 e. The summed E-state index contributed by atoms with van der Waals surface area (Å²) in [5.74, 6) is 0.579. The quantitative estimate of drug-likeness (QED) is 0.148. The lowest BCUT2D eigenvalue weighted by Gasteiger charge is -2.14. The molecule has 0 spiro atoms. The maximum Gasteiger partial charge on any atom is 0.272 e. The molecule has 0 saturated carbocycles. The van der Waals surface area contributed by atoms with E-state index >= 15 is 0 Å². The molecule has 5 aromatic carbocycles. The zero-order valence-corrected chi connectivity index (χ0v) is 21.8. The van der Waals surface area contributed by atoms with Crippen LogP contribution in [0.15, 0.2) is 121 Å². The fourth-order valence-electron chi connectivity index (χ4n) is 4.96. The van der Waals surface area contributed by atoms with E-state index in [-0.39, 0.29) is 11.7 Å². The van der Waals surface area contributed by atoms with Crippen molar-refractivity contribution in [3.63, 3.8) is 0 Å². The zero-order chi connectivity index (χ0) is 27.5. The Morgan fingerprint density at radius 1 is 0.800 bits per heavy atom. The van der Waals surface area contributed by atoms with Crippen LogP contribution in [0.2, 0.25) is 0 Å². The van der Waals surface area contributed by atoms with Crippen molar-refractivity contribution in [1.29, 1.82) is 5.41 Å². The fraction of sp³-hybridized carbons (Fsp3) is 0.0588. The SMILES string of the molecule is N=C(N)c1ccc2cc(C(=O)Nc3ccccc3)n(Cc3cccc4cc(OCc5ccccc5)ccc34)c2c1. The number of rotatable bonds is 8. The Morgan fingerprint density at radius 3 is 2.35 bits per heavy atom. The summed E-state index contributed by atoms with van der Waals surface area (Å²) in [6.07, 6.45) is 0. The van der Waals surface area contributed by atoms with Gasteiger partial charge in [0.25, 0.3) is 5.91 Å². The van der Waals surface area contributed by atoms with E-state index in [1.54, 1.807) is 0 Å².